The molecular formula is C34H50O3. The smallest absolute Gasteiger partial charge is 0.430 e. The SMILES string of the molecule is CC(C)CCC[C@H](C)[C@H]1CC[C@H]2[C@@H]3CC=C4C[C@@H](OC(=O)Oc5ccccc5)CC[C@]4(C)[C@H]3CC[C@]12C. The highest BCUT2D eigenvalue weighted by Gasteiger charge is 2.59. The van der Waals surface area contributed by atoms with Crippen molar-refractivity contribution in [2.75, 3.05) is 0 Å². The average Bonchev–Trinajstić information content (AvgIpc) is 3.22. The van der Waals surface area contributed by atoms with Gasteiger partial charge in [0.05, 0.1) is 0 Å². The van der Waals surface area contributed by atoms with Crippen LogP contribution in [0, 0.1) is 46.3 Å². The van der Waals surface area contributed by atoms with E-state index in [9.17, 15) is 4.79 Å². The van der Waals surface area contributed by atoms with E-state index in [0.717, 1.165) is 54.8 Å². The normalized spacial score (nSPS) is 37.7. The molecule has 0 heterocycles. The van der Waals surface area contributed by atoms with Crippen molar-refractivity contribution in [3.8, 4) is 5.75 Å². The number of carbonyl (C=O) groups excluding carboxylic acids is 1. The molecule has 204 valence electrons. The zero-order chi connectivity index (χ0) is 26.2. The molecule has 0 spiro atoms. The first-order valence-electron chi connectivity index (χ1n) is 15.3. The minimum atomic E-state index is -0.568. The average molecular weight is 507 g/mol. The molecule has 3 saturated carbocycles. The summed E-state index contributed by atoms with van der Waals surface area (Å²) in [6, 6.07) is 9.23. The van der Waals surface area contributed by atoms with Gasteiger partial charge >= 0.3 is 6.16 Å². The van der Waals surface area contributed by atoms with Crippen LogP contribution in [0.5, 0.6) is 5.75 Å². The summed E-state index contributed by atoms with van der Waals surface area (Å²) >= 11 is 0. The maximum absolute atomic E-state index is 12.4. The van der Waals surface area contributed by atoms with Crippen molar-refractivity contribution >= 4 is 6.16 Å². The zero-order valence-corrected chi connectivity index (χ0v) is 24.0. The van der Waals surface area contributed by atoms with Gasteiger partial charge in [0.15, 0.2) is 0 Å². The summed E-state index contributed by atoms with van der Waals surface area (Å²) < 4.78 is 11.2. The molecule has 0 saturated heterocycles. The van der Waals surface area contributed by atoms with Gasteiger partial charge in [-0.15, -0.1) is 0 Å². The third kappa shape index (κ3) is 5.26. The van der Waals surface area contributed by atoms with Crippen molar-refractivity contribution in [2.24, 2.45) is 46.3 Å². The number of allylic oxidation sites excluding steroid dienone is 1. The molecule has 1 aromatic rings. The van der Waals surface area contributed by atoms with Crippen LogP contribution in [0.1, 0.15) is 105 Å². The number of carbonyl (C=O) groups is 1. The van der Waals surface area contributed by atoms with Crippen molar-refractivity contribution in [3.63, 3.8) is 0 Å². The molecule has 3 fully saturated rings. The molecule has 37 heavy (non-hydrogen) atoms. The van der Waals surface area contributed by atoms with Gasteiger partial charge in [0, 0.05) is 6.42 Å². The van der Waals surface area contributed by atoms with E-state index in [-0.39, 0.29) is 11.5 Å². The molecule has 0 aromatic heterocycles. The Labute approximate surface area is 225 Å². The molecule has 0 radical (unpaired) electrons. The molecule has 3 heteroatoms. The van der Waals surface area contributed by atoms with Crippen LogP contribution >= 0.6 is 0 Å². The van der Waals surface area contributed by atoms with Crippen LogP contribution in [0.25, 0.3) is 0 Å². The highest BCUT2D eigenvalue weighted by Crippen LogP contribution is 2.67. The second-order valence-corrected chi connectivity index (χ2v) is 13.9. The summed E-state index contributed by atoms with van der Waals surface area (Å²) in [6.07, 6.45) is 16.0. The van der Waals surface area contributed by atoms with Crippen molar-refractivity contribution in [1.29, 1.82) is 0 Å². The first-order chi connectivity index (χ1) is 17.7. The van der Waals surface area contributed by atoms with E-state index in [2.05, 4.69) is 40.7 Å². The highest BCUT2D eigenvalue weighted by molar-refractivity contribution is 5.64. The van der Waals surface area contributed by atoms with Crippen LogP contribution in [0.2, 0.25) is 0 Å². The molecule has 1 aromatic carbocycles. The van der Waals surface area contributed by atoms with E-state index in [0.29, 0.717) is 11.2 Å². The minimum Gasteiger partial charge on any atom is -0.430 e. The topological polar surface area (TPSA) is 35.5 Å². The lowest BCUT2D eigenvalue weighted by atomic mass is 9.47. The maximum atomic E-state index is 12.4. The molecule has 0 amide bonds. The van der Waals surface area contributed by atoms with Crippen molar-refractivity contribution < 1.29 is 14.3 Å². The van der Waals surface area contributed by atoms with E-state index in [1.807, 2.05) is 18.2 Å². The van der Waals surface area contributed by atoms with Crippen molar-refractivity contribution in [3.05, 3.63) is 42.0 Å². The van der Waals surface area contributed by atoms with Gasteiger partial charge in [0.2, 0.25) is 0 Å². The molecule has 0 N–H and O–H groups in total. The van der Waals surface area contributed by atoms with E-state index in [1.165, 1.54) is 51.4 Å². The van der Waals surface area contributed by atoms with Gasteiger partial charge in [-0.25, -0.2) is 4.79 Å². The number of rotatable bonds is 7. The van der Waals surface area contributed by atoms with Crippen LogP contribution in [0.3, 0.4) is 0 Å². The number of ether oxygens (including phenoxy) is 2. The van der Waals surface area contributed by atoms with Gasteiger partial charge in [-0.1, -0.05) is 83.7 Å². The standard InChI is InChI=1S/C34H50O3/c1-23(2)10-9-11-24(3)29-16-17-30-28-15-14-25-22-27(37-32(35)36-26-12-7-6-8-13-26)18-20-33(25,4)31(28)19-21-34(29,30)5/h6-8,12-14,23-24,27-31H,9-11,15-22H2,1-5H3/t24-,27-,28-,29+,30-,31-,33-,34+/m0/s1. The van der Waals surface area contributed by atoms with Crippen LogP contribution in [-0.4, -0.2) is 12.3 Å². The Morgan fingerprint density at radius 1 is 0.973 bits per heavy atom. The lowest BCUT2D eigenvalue weighted by Gasteiger charge is -2.58. The largest absolute Gasteiger partial charge is 0.514 e. The Hall–Kier alpha value is -1.77. The number of fused-ring (bicyclic) bond motifs is 5. The van der Waals surface area contributed by atoms with Crippen LogP contribution in [-0.2, 0) is 4.74 Å². The first kappa shape index (κ1) is 26.8. The molecule has 4 aliphatic carbocycles. The van der Waals surface area contributed by atoms with E-state index < -0.39 is 6.16 Å². The molecule has 5 rings (SSSR count). The maximum Gasteiger partial charge on any atom is 0.514 e. The summed E-state index contributed by atoms with van der Waals surface area (Å²) in [5, 5.41) is 0. The Bertz CT molecular complexity index is 967. The van der Waals surface area contributed by atoms with Gasteiger partial charge in [-0.3, -0.25) is 0 Å². The Kier molecular flexibility index (Phi) is 7.81. The third-order valence-electron chi connectivity index (χ3n) is 11.5. The van der Waals surface area contributed by atoms with E-state index in [4.69, 9.17) is 9.47 Å². The summed E-state index contributed by atoms with van der Waals surface area (Å²) in [5.41, 5.74) is 2.36. The summed E-state index contributed by atoms with van der Waals surface area (Å²) in [4.78, 5) is 12.4. The molecular weight excluding hydrogens is 456 g/mol. The molecule has 4 aliphatic rings. The Balaban J connectivity index is 1.22. The highest BCUT2D eigenvalue weighted by atomic mass is 16.7. The summed E-state index contributed by atoms with van der Waals surface area (Å²) in [5.74, 6) is 5.64. The first-order valence-corrected chi connectivity index (χ1v) is 15.3. The van der Waals surface area contributed by atoms with Gasteiger partial charge in [0.1, 0.15) is 11.9 Å². The quantitative estimate of drug-likeness (QED) is 0.210. The predicted molar refractivity (Wildman–Crippen MR) is 150 cm³/mol. The zero-order valence-electron chi connectivity index (χ0n) is 24.0. The minimum absolute atomic E-state index is 0.0662. The molecule has 8 atom stereocenters. The van der Waals surface area contributed by atoms with Crippen LogP contribution in [0.15, 0.2) is 42.0 Å². The van der Waals surface area contributed by atoms with Gasteiger partial charge in [-0.2, -0.15) is 0 Å². The van der Waals surface area contributed by atoms with Gasteiger partial charge in [0.25, 0.3) is 0 Å². The molecule has 3 nitrogen and oxygen atoms in total. The fourth-order valence-corrected chi connectivity index (χ4v) is 9.50. The van der Waals surface area contributed by atoms with Crippen LogP contribution < -0.4 is 4.74 Å². The fourth-order valence-electron chi connectivity index (χ4n) is 9.50. The van der Waals surface area contributed by atoms with Crippen LogP contribution in [0.4, 0.5) is 4.79 Å². The van der Waals surface area contributed by atoms with Gasteiger partial charge < -0.3 is 9.47 Å². The van der Waals surface area contributed by atoms with E-state index >= 15 is 0 Å². The van der Waals surface area contributed by atoms with E-state index in [1.54, 1.807) is 17.7 Å². The molecule has 0 unspecified atom stereocenters. The van der Waals surface area contributed by atoms with Crippen molar-refractivity contribution in [2.45, 2.75) is 111 Å². The third-order valence-corrected chi connectivity index (χ3v) is 11.5. The number of hydrogen-bond acceptors (Lipinski definition) is 3. The lowest BCUT2D eigenvalue weighted by Crippen LogP contribution is -2.51. The molecule has 0 bridgehead atoms. The summed E-state index contributed by atoms with van der Waals surface area (Å²) in [7, 11) is 0. The lowest BCUT2D eigenvalue weighted by molar-refractivity contribution is -0.0597. The number of hydrogen-bond donors (Lipinski definition) is 0. The molecule has 0 aliphatic heterocycles. The summed E-state index contributed by atoms with van der Waals surface area (Å²) in [6.45, 7) is 12.5. The van der Waals surface area contributed by atoms with Gasteiger partial charge in [-0.05, 0) is 103 Å². The Morgan fingerprint density at radius 3 is 2.51 bits per heavy atom. The predicted octanol–water partition coefficient (Wildman–Crippen LogP) is 9.61. The number of benzene rings is 1. The second-order valence-electron chi connectivity index (χ2n) is 13.9. The second kappa shape index (κ2) is 10.8. The number of para-hydroxylation sites is 1. The Morgan fingerprint density at radius 2 is 1.76 bits per heavy atom. The fraction of sp³-hybridized carbons (Fsp3) is 0.735. The monoisotopic (exact) mass is 506 g/mol. The van der Waals surface area contributed by atoms with Crippen molar-refractivity contribution in [1.82, 2.24) is 0 Å².